The molecule has 0 radical (unpaired) electrons. The first-order valence-corrected chi connectivity index (χ1v) is 8.46. The predicted molar refractivity (Wildman–Crippen MR) is 54.0 cm³/mol. The van der Waals surface area contributed by atoms with Gasteiger partial charge in [-0.05, 0) is 12.5 Å². The Morgan fingerprint density at radius 2 is 2.00 bits per heavy atom. The van der Waals surface area contributed by atoms with Gasteiger partial charge >= 0.3 is 5.97 Å². The normalized spacial score (nSPS) is 11.3. The Morgan fingerprint density at radius 3 is 2.42 bits per heavy atom. The van der Waals surface area contributed by atoms with Gasteiger partial charge in [-0.1, -0.05) is 19.5 Å². The summed E-state index contributed by atoms with van der Waals surface area (Å²) in [6.45, 7) is 6.22. The Bertz CT molecular complexity index is 142. The van der Waals surface area contributed by atoms with Crippen LogP contribution in [-0.4, -0.2) is 20.0 Å². The van der Waals surface area contributed by atoms with Crippen LogP contribution in [0.3, 0.4) is 0 Å². The van der Waals surface area contributed by atoms with Crippen LogP contribution in [0.5, 0.6) is 0 Å². The molecule has 0 aliphatic heterocycles. The van der Waals surface area contributed by atoms with E-state index in [1.54, 1.807) is 0 Å². The van der Waals surface area contributed by atoms with Crippen LogP contribution in [0.4, 0.5) is 0 Å². The second kappa shape index (κ2) is 5.59. The van der Waals surface area contributed by atoms with Crippen LogP contribution < -0.4 is 0 Å². The van der Waals surface area contributed by atoms with Crippen molar-refractivity contribution >= 4 is 24.4 Å². The van der Waals surface area contributed by atoms with Gasteiger partial charge in [-0.25, -0.2) is 0 Å². The molecule has 0 saturated heterocycles. The van der Waals surface area contributed by atoms with Crippen molar-refractivity contribution in [1.29, 1.82) is 0 Å². The average Bonchev–Trinajstić information content (AvgIpc) is 1.83. The van der Waals surface area contributed by atoms with E-state index in [2.05, 4.69) is 13.1 Å². The Morgan fingerprint density at radius 1 is 1.42 bits per heavy atom. The van der Waals surface area contributed by atoms with Gasteiger partial charge < -0.3 is 4.74 Å². The molecule has 0 spiro atoms. The summed E-state index contributed by atoms with van der Waals surface area (Å²) in [6.07, 6.45) is 2.00. The van der Waals surface area contributed by atoms with E-state index in [0.717, 1.165) is 18.9 Å². The first-order valence-electron chi connectivity index (χ1n) is 4.24. The highest BCUT2D eigenvalue weighted by molar-refractivity contribution is 7.19. The Labute approximate surface area is 80.0 Å². The summed E-state index contributed by atoms with van der Waals surface area (Å²) in [6, 6.07) is 1.09. The lowest BCUT2D eigenvalue weighted by Gasteiger charge is -2.11. The van der Waals surface area contributed by atoms with Gasteiger partial charge in [0.2, 0.25) is 0 Å². The molecule has 12 heavy (non-hydrogen) atoms. The van der Waals surface area contributed by atoms with Gasteiger partial charge in [-0.2, -0.15) is 11.1 Å². The second-order valence-corrected chi connectivity index (χ2v) is 10.5. The largest absolute Gasteiger partial charge is 0.466 e. The van der Waals surface area contributed by atoms with Gasteiger partial charge in [0, 0.05) is 6.92 Å². The van der Waals surface area contributed by atoms with E-state index >= 15 is 0 Å². The average molecular weight is 209 g/mol. The molecule has 2 nitrogen and oxygen atoms in total. The molecule has 0 N–H and O–H groups in total. The van der Waals surface area contributed by atoms with Crippen molar-refractivity contribution in [3.05, 3.63) is 0 Å². The van der Waals surface area contributed by atoms with Gasteiger partial charge in [0.05, 0.1) is 6.61 Å². The Balaban J connectivity index is 3.17. The third kappa shape index (κ3) is 9.98. The molecule has 0 aromatic heterocycles. The first-order chi connectivity index (χ1) is 5.42. The van der Waals surface area contributed by atoms with E-state index in [0.29, 0.717) is 6.61 Å². The molecule has 0 aliphatic carbocycles. The third-order valence-electron chi connectivity index (χ3n) is 1.47. The summed E-state index contributed by atoms with van der Waals surface area (Å²) in [7, 11) is -1.40. The highest BCUT2D eigenvalue weighted by Crippen LogP contribution is 2.17. The summed E-state index contributed by atoms with van der Waals surface area (Å²) in [4.78, 5) is 10.4. The van der Waals surface area contributed by atoms with E-state index in [1.807, 2.05) is 0 Å². The van der Waals surface area contributed by atoms with Crippen molar-refractivity contribution in [2.75, 3.05) is 6.61 Å². The molecule has 0 rings (SSSR count). The van der Waals surface area contributed by atoms with Gasteiger partial charge in [0.15, 0.2) is 0 Å². The first kappa shape index (κ1) is 12.0. The zero-order valence-electron chi connectivity index (χ0n) is 8.02. The van der Waals surface area contributed by atoms with E-state index in [4.69, 9.17) is 15.8 Å². The Kier molecular flexibility index (Phi) is 5.58. The molecule has 72 valence electrons. The summed E-state index contributed by atoms with van der Waals surface area (Å²) in [5, 5.41) is 0. The summed E-state index contributed by atoms with van der Waals surface area (Å²) in [5.41, 5.74) is 0. The Hall–Kier alpha value is -0.0231. The standard InChI is InChI=1S/C8H17ClO2Si/c1-8(10)11-6-4-5-7-12(2,3)9/h4-7H2,1-3H3. The molecule has 0 aromatic carbocycles. The van der Waals surface area contributed by atoms with Gasteiger partial charge in [-0.3, -0.25) is 4.79 Å². The molecule has 0 atom stereocenters. The fourth-order valence-electron chi connectivity index (χ4n) is 0.863. The number of esters is 1. The minimum absolute atomic E-state index is 0.197. The van der Waals surface area contributed by atoms with Crippen molar-refractivity contribution in [2.45, 2.75) is 38.9 Å². The fourth-order valence-corrected chi connectivity index (χ4v) is 2.35. The maximum absolute atomic E-state index is 10.4. The number of halogens is 1. The smallest absolute Gasteiger partial charge is 0.302 e. The molecule has 0 fully saturated rings. The van der Waals surface area contributed by atoms with Crippen LogP contribution in [0.1, 0.15) is 19.8 Å². The molecular formula is C8H17ClO2Si. The zero-order chi connectivity index (χ0) is 9.61. The van der Waals surface area contributed by atoms with Crippen LogP contribution in [0.2, 0.25) is 19.1 Å². The fraction of sp³-hybridized carbons (Fsp3) is 0.875. The minimum Gasteiger partial charge on any atom is -0.466 e. The van der Waals surface area contributed by atoms with Crippen molar-refractivity contribution in [2.24, 2.45) is 0 Å². The maximum atomic E-state index is 10.4. The van der Waals surface area contributed by atoms with E-state index in [9.17, 15) is 4.79 Å². The number of rotatable bonds is 5. The van der Waals surface area contributed by atoms with Gasteiger partial charge in [0.25, 0.3) is 0 Å². The lowest BCUT2D eigenvalue weighted by Crippen LogP contribution is -2.15. The topological polar surface area (TPSA) is 26.3 Å². The number of carbonyl (C=O) groups excluding carboxylic acids is 1. The molecule has 0 bridgehead atoms. The molecule has 4 heteroatoms. The zero-order valence-corrected chi connectivity index (χ0v) is 9.78. The van der Waals surface area contributed by atoms with Crippen molar-refractivity contribution in [1.82, 2.24) is 0 Å². The monoisotopic (exact) mass is 208 g/mol. The molecule has 0 amide bonds. The summed E-state index contributed by atoms with van der Waals surface area (Å²) in [5.74, 6) is -0.197. The van der Waals surface area contributed by atoms with Crippen molar-refractivity contribution in [3.8, 4) is 0 Å². The molecule has 0 heterocycles. The van der Waals surface area contributed by atoms with Crippen LogP contribution in [0, 0.1) is 0 Å². The number of ether oxygens (including phenoxy) is 1. The number of unbranched alkanes of at least 4 members (excludes halogenated alkanes) is 1. The SMILES string of the molecule is CC(=O)OCCCC[Si](C)(C)Cl. The molecule has 0 aromatic rings. The summed E-state index contributed by atoms with van der Waals surface area (Å²) >= 11 is 6.11. The van der Waals surface area contributed by atoms with Gasteiger partial charge in [-0.15, -0.1) is 0 Å². The minimum atomic E-state index is -1.40. The van der Waals surface area contributed by atoms with Crippen LogP contribution in [0.15, 0.2) is 0 Å². The third-order valence-corrected chi connectivity index (χ3v) is 3.58. The number of carbonyl (C=O) groups is 1. The maximum Gasteiger partial charge on any atom is 0.302 e. The highest BCUT2D eigenvalue weighted by atomic mass is 35.6. The molecule has 0 unspecified atom stereocenters. The summed E-state index contributed by atoms with van der Waals surface area (Å²) < 4.78 is 4.79. The quantitative estimate of drug-likeness (QED) is 0.301. The van der Waals surface area contributed by atoms with Crippen LogP contribution in [0.25, 0.3) is 0 Å². The van der Waals surface area contributed by atoms with Crippen molar-refractivity contribution in [3.63, 3.8) is 0 Å². The highest BCUT2D eigenvalue weighted by Gasteiger charge is 2.15. The lowest BCUT2D eigenvalue weighted by molar-refractivity contribution is -0.141. The molecule has 0 aliphatic rings. The van der Waals surface area contributed by atoms with Gasteiger partial charge in [0.1, 0.15) is 7.38 Å². The molecular weight excluding hydrogens is 192 g/mol. The number of hydrogen-bond donors (Lipinski definition) is 0. The molecule has 0 saturated carbocycles. The van der Waals surface area contributed by atoms with Crippen LogP contribution >= 0.6 is 11.1 Å². The van der Waals surface area contributed by atoms with E-state index < -0.39 is 7.38 Å². The van der Waals surface area contributed by atoms with Crippen LogP contribution in [-0.2, 0) is 9.53 Å². The van der Waals surface area contributed by atoms with Crippen molar-refractivity contribution < 1.29 is 9.53 Å². The predicted octanol–water partition coefficient (Wildman–Crippen LogP) is 2.77. The van der Waals surface area contributed by atoms with E-state index in [1.165, 1.54) is 6.92 Å². The lowest BCUT2D eigenvalue weighted by atomic mass is 10.4. The number of hydrogen-bond acceptors (Lipinski definition) is 2. The second-order valence-electron chi connectivity index (χ2n) is 3.52. The van der Waals surface area contributed by atoms with E-state index in [-0.39, 0.29) is 5.97 Å².